The second-order valence-corrected chi connectivity index (χ2v) is 5.70. The molecule has 0 atom stereocenters. The van der Waals surface area contributed by atoms with Crippen LogP contribution in [0.3, 0.4) is 0 Å². The first-order valence-corrected chi connectivity index (χ1v) is 7.55. The number of anilines is 1. The lowest BCUT2D eigenvalue weighted by Gasteiger charge is -2.29. The number of hydrogen-bond acceptors (Lipinski definition) is 4. The lowest BCUT2D eigenvalue weighted by atomic mass is 9.94. The van der Waals surface area contributed by atoms with Gasteiger partial charge in [-0.2, -0.15) is 0 Å². The highest BCUT2D eigenvalue weighted by molar-refractivity contribution is 5.44. The topological polar surface area (TPSA) is 61.0 Å². The molecule has 1 aromatic rings. The van der Waals surface area contributed by atoms with E-state index >= 15 is 0 Å². The van der Waals surface area contributed by atoms with Gasteiger partial charge in [-0.3, -0.25) is 0 Å². The van der Waals surface area contributed by atoms with E-state index in [2.05, 4.69) is 4.98 Å². The average Bonchev–Trinajstić information content (AvgIpc) is 2.89. The van der Waals surface area contributed by atoms with E-state index in [9.17, 15) is 0 Å². The zero-order valence-electron chi connectivity index (χ0n) is 11.7. The van der Waals surface area contributed by atoms with Gasteiger partial charge in [0.1, 0.15) is 11.4 Å². The van der Waals surface area contributed by atoms with E-state index in [0.717, 1.165) is 31.5 Å². The lowest BCUT2D eigenvalue weighted by Crippen LogP contribution is -2.30. The van der Waals surface area contributed by atoms with Crippen LogP contribution in [0, 0.1) is 0 Å². The molecule has 0 radical (unpaired) electrons. The van der Waals surface area contributed by atoms with Crippen LogP contribution in [0.5, 0.6) is 0 Å². The van der Waals surface area contributed by atoms with E-state index in [1.165, 1.54) is 36.9 Å². The van der Waals surface area contributed by atoms with Crippen molar-refractivity contribution in [1.82, 2.24) is 9.97 Å². The number of ether oxygens (including phenoxy) is 1. The maximum Gasteiger partial charge on any atom is 0.162 e. The van der Waals surface area contributed by atoms with Crippen LogP contribution >= 0.6 is 0 Å². The third kappa shape index (κ3) is 2.22. The Morgan fingerprint density at radius 2 is 1.84 bits per heavy atom. The standard InChI is InChI=1S/C15H23N3O/c1-2-19-15(9-5-6-10-15)14-17-12-8-4-3-7-11(12)13(16)18-14/h2-10H2,1H3,(H2,16,17,18). The Morgan fingerprint density at radius 3 is 2.58 bits per heavy atom. The zero-order chi connectivity index (χ0) is 13.3. The molecule has 0 spiro atoms. The van der Waals surface area contributed by atoms with Crippen LogP contribution in [0.2, 0.25) is 0 Å². The summed E-state index contributed by atoms with van der Waals surface area (Å²) in [5.41, 5.74) is 8.24. The molecular formula is C15H23N3O. The second kappa shape index (κ2) is 5.08. The van der Waals surface area contributed by atoms with Crippen LogP contribution in [0.15, 0.2) is 0 Å². The molecule has 0 aromatic carbocycles. The summed E-state index contributed by atoms with van der Waals surface area (Å²) in [5.74, 6) is 1.52. The van der Waals surface area contributed by atoms with Gasteiger partial charge in [0.15, 0.2) is 5.82 Å². The molecule has 0 aliphatic heterocycles. The van der Waals surface area contributed by atoms with Gasteiger partial charge in [-0.05, 0) is 58.3 Å². The molecule has 1 aromatic heterocycles. The van der Waals surface area contributed by atoms with E-state index < -0.39 is 0 Å². The molecule has 0 bridgehead atoms. The molecule has 3 rings (SSSR count). The molecule has 1 fully saturated rings. The van der Waals surface area contributed by atoms with Crippen LogP contribution in [-0.4, -0.2) is 16.6 Å². The minimum Gasteiger partial charge on any atom is -0.383 e. The Kier molecular flexibility index (Phi) is 3.44. The molecule has 1 heterocycles. The summed E-state index contributed by atoms with van der Waals surface area (Å²) >= 11 is 0. The molecule has 2 N–H and O–H groups in total. The summed E-state index contributed by atoms with van der Waals surface area (Å²) in [7, 11) is 0. The highest BCUT2D eigenvalue weighted by Gasteiger charge is 2.40. The van der Waals surface area contributed by atoms with Crippen molar-refractivity contribution in [1.29, 1.82) is 0 Å². The normalized spacial score (nSPS) is 21.3. The van der Waals surface area contributed by atoms with Gasteiger partial charge in [-0.15, -0.1) is 0 Å². The Labute approximate surface area is 114 Å². The third-order valence-corrected chi connectivity index (χ3v) is 4.45. The number of hydrogen-bond donors (Lipinski definition) is 1. The van der Waals surface area contributed by atoms with E-state index in [0.29, 0.717) is 12.4 Å². The fraction of sp³-hybridized carbons (Fsp3) is 0.733. The van der Waals surface area contributed by atoms with E-state index in [1.54, 1.807) is 0 Å². The Morgan fingerprint density at radius 1 is 1.11 bits per heavy atom. The molecule has 2 aliphatic rings. The maximum atomic E-state index is 6.16. The molecule has 4 heteroatoms. The SMILES string of the molecule is CCOC1(c2nc(N)c3c(n2)CCCC3)CCCC1. The van der Waals surface area contributed by atoms with Gasteiger partial charge in [0.2, 0.25) is 0 Å². The average molecular weight is 261 g/mol. The van der Waals surface area contributed by atoms with Gasteiger partial charge < -0.3 is 10.5 Å². The van der Waals surface area contributed by atoms with Crippen molar-refractivity contribution in [3.05, 3.63) is 17.1 Å². The van der Waals surface area contributed by atoms with Gasteiger partial charge in [-0.1, -0.05) is 0 Å². The van der Waals surface area contributed by atoms with Gasteiger partial charge in [-0.25, -0.2) is 9.97 Å². The fourth-order valence-electron chi connectivity index (χ4n) is 3.48. The number of nitrogens with zero attached hydrogens (tertiary/aromatic N) is 2. The second-order valence-electron chi connectivity index (χ2n) is 5.70. The van der Waals surface area contributed by atoms with Crippen LogP contribution < -0.4 is 5.73 Å². The first-order valence-electron chi connectivity index (χ1n) is 7.55. The van der Waals surface area contributed by atoms with Crippen molar-refractivity contribution in [3.63, 3.8) is 0 Å². The largest absolute Gasteiger partial charge is 0.383 e. The van der Waals surface area contributed by atoms with Crippen molar-refractivity contribution >= 4 is 5.82 Å². The van der Waals surface area contributed by atoms with Crippen molar-refractivity contribution in [2.24, 2.45) is 0 Å². The van der Waals surface area contributed by atoms with Crippen LogP contribution in [0.1, 0.15) is 62.5 Å². The molecule has 2 aliphatic carbocycles. The van der Waals surface area contributed by atoms with Crippen LogP contribution in [0.25, 0.3) is 0 Å². The van der Waals surface area contributed by atoms with Crippen molar-refractivity contribution in [2.45, 2.75) is 63.9 Å². The molecule has 4 nitrogen and oxygen atoms in total. The molecule has 0 saturated heterocycles. The van der Waals surface area contributed by atoms with Gasteiger partial charge in [0.25, 0.3) is 0 Å². The molecule has 0 unspecified atom stereocenters. The quantitative estimate of drug-likeness (QED) is 0.908. The lowest BCUT2D eigenvalue weighted by molar-refractivity contribution is -0.0457. The van der Waals surface area contributed by atoms with Gasteiger partial charge in [0.05, 0.1) is 0 Å². The zero-order valence-corrected chi connectivity index (χ0v) is 11.7. The van der Waals surface area contributed by atoms with Gasteiger partial charge >= 0.3 is 0 Å². The first-order chi connectivity index (χ1) is 9.25. The Bertz CT molecular complexity index is 467. The fourth-order valence-corrected chi connectivity index (χ4v) is 3.48. The number of fused-ring (bicyclic) bond motifs is 1. The van der Waals surface area contributed by atoms with Crippen molar-refractivity contribution in [3.8, 4) is 0 Å². The minimum atomic E-state index is -0.269. The summed E-state index contributed by atoms with van der Waals surface area (Å²) in [5, 5.41) is 0. The number of nitrogen functional groups attached to an aromatic ring is 1. The third-order valence-electron chi connectivity index (χ3n) is 4.45. The summed E-state index contributed by atoms with van der Waals surface area (Å²) in [4.78, 5) is 9.43. The monoisotopic (exact) mass is 261 g/mol. The van der Waals surface area contributed by atoms with Crippen molar-refractivity contribution in [2.75, 3.05) is 12.3 Å². The highest BCUT2D eigenvalue weighted by atomic mass is 16.5. The highest BCUT2D eigenvalue weighted by Crippen LogP contribution is 2.41. The molecular weight excluding hydrogens is 238 g/mol. The van der Waals surface area contributed by atoms with E-state index in [1.807, 2.05) is 6.92 Å². The predicted molar refractivity (Wildman–Crippen MR) is 74.9 cm³/mol. The predicted octanol–water partition coefficient (Wildman–Crippen LogP) is 2.74. The number of aryl methyl sites for hydroxylation is 1. The first kappa shape index (κ1) is 12.9. The van der Waals surface area contributed by atoms with Crippen molar-refractivity contribution < 1.29 is 4.74 Å². The van der Waals surface area contributed by atoms with E-state index in [-0.39, 0.29) is 5.60 Å². The number of rotatable bonds is 3. The summed E-state index contributed by atoms with van der Waals surface area (Å²) in [6.45, 7) is 2.75. The summed E-state index contributed by atoms with van der Waals surface area (Å²) in [6.07, 6.45) is 8.93. The molecule has 1 saturated carbocycles. The smallest absolute Gasteiger partial charge is 0.162 e. The number of aromatic nitrogens is 2. The molecule has 104 valence electrons. The summed E-state index contributed by atoms with van der Waals surface area (Å²) < 4.78 is 6.04. The Hall–Kier alpha value is -1.16. The minimum absolute atomic E-state index is 0.269. The molecule has 19 heavy (non-hydrogen) atoms. The number of nitrogens with two attached hydrogens (primary N) is 1. The Balaban J connectivity index is 2.02. The van der Waals surface area contributed by atoms with Crippen LogP contribution in [-0.2, 0) is 23.2 Å². The molecule has 0 amide bonds. The van der Waals surface area contributed by atoms with Gasteiger partial charge in [0, 0.05) is 17.9 Å². The van der Waals surface area contributed by atoms with Crippen LogP contribution in [0.4, 0.5) is 5.82 Å². The van der Waals surface area contributed by atoms with E-state index in [4.69, 9.17) is 15.5 Å². The summed E-state index contributed by atoms with van der Waals surface area (Å²) in [6, 6.07) is 0. The maximum absolute atomic E-state index is 6.16.